The van der Waals surface area contributed by atoms with E-state index in [1.54, 1.807) is 34.6 Å². The van der Waals surface area contributed by atoms with Crippen molar-refractivity contribution >= 4 is 24.0 Å². The van der Waals surface area contributed by atoms with Gasteiger partial charge in [-0.05, 0) is 60.8 Å². The fourth-order valence-electron chi connectivity index (χ4n) is 2.60. The maximum absolute atomic E-state index is 14.3. The van der Waals surface area contributed by atoms with E-state index >= 15 is 0 Å². The van der Waals surface area contributed by atoms with Crippen LogP contribution >= 0.6 is 0 Å². The molecule has 0 saturated carbocycles. The summed E-state index contributed by atoms with van der Waals surface area (Å²) >= 11 is 0. The van der Waals surface area contributed by atoms with Crippen molar-refractivity contribution in [2.24, 2.45) is 5.92 Å². The second kappa shape index (κ2) is 12.9. The number of rotatable bonds is 11. The van der Waals surface area contributed by atoms with E-state index in [2.05, 4.69) is 0 Å². The Morgan fingerprint density at radius 2 is 1.35 bits per heavy atom. The van der Waals surface area contributed by atoms with Gasteiger partial charge in [-0.2, -0.15) is 0 Å². The van der Waals surface area contributed by atoms with Crippen LogP contribution in [0, 0.1) is 5.92 Å². The normalized spacial score (nSPS) is 14.7. The third kappa shape index (κ3) is 12.1. The number of nitrogens with one attached hydrogen (secondary N) is 1. The first-order valence-corrected chi connectivity index (χ1v) is 11.2. The first-order chi connectivity index (χ1) is 15.3. The van der Waals surface area contributed by atoms with Crippen molar-refractivity contribution in [3.8, 4) is 0 Å². The predicted octanol–water partition coefficient (Wildman–Crippen LogP) is 4.51. The molecule has 0 aromatic rings. The monoisotopic (exact) mass is 495 g/mol. The second-order valence-corrected chi connectivity index (χ2v) is 10.3. The molecular formula is C23H39F2NO8. The molecule has 2 unspecified atom stereocenters. The molecule has 0 saturated heterocycles. The van der Waals surface area contributed by atoms with Crippen LogP contribution in [0.1, 0.15) is 88.0 Å². The largest absolute Gasteiger partial charge is 0.460 e. The highest BCUT2D eigenvalue weighted by molar-refractivity contribution is 5.86. The summed E-state index contributed by atoms with van der Waals surface area (Å²) in [5, 5.41) is 1.95. The molecule has 0 aliphatic carbocycles. The highest BCUT2D eigenvalue weighted by Gasteiger charge is 2.51. The maximum Gasteiger partial charge on any atom is 0.408 e. The lowest BCUT2D eigenvalue weighted by Crippen LogP contribution is -2.61. The number of unbranched alkanes of at least 4 members (excludes halogenated alkanes) is 1. The van der Waals surface area contributed by atoms with E-state index in [4.69, 9.17) is 18.9 Å². The Hall–Kier alpha value is -2.46. The molecule has 34 heavy (non-hydrogen) atoms. The van der Waals surface area contributed by atoms with Crippen LogP contribution in [0.2, 0.25) is 0 Å². The molecule has 0 radical (unpaired) electrons. The van der Waals surface area contributed by atoms with Gasteiger partial charge in [0.2, 0.25) is 11.8 Å². The van der Waals surface area contributed by atoms with E-state index in [1.807, 2.05) is 5.32 Å². The molecule has 9 nitrogen and oxygen atoms in total. The Kier molecular flexibility index (Phi) is 11.9. The number of alkyl halides is 2. The van der Waals surface area contributed by atoms with Gasteiger partial charge in [0.15, 0.2) is 0 Å². The topological polar surface area (TPSA) is 117 Å². The van der Waals surface area contributed by atoms with Crippen molar-refractivity contribution in [2.75, 3.05) is 0 Å². The molecule has 0 aromatic heterocycles. The molecule has 0 heterocycles. The summed E-state index contributed by atoms with van der Waals surface area (Å²) in [6.45, 7) is 14.0. The number of ether oxygens (including phenoxy) is 4. The molecule has 11 heteroatoms. The van der Waals surface area contributed by atoms with E-state index in [9.17, 15) is 28.0 Å². The van der Waals surface area contributed by atoms with Crippen molar-refractivity contribution in [2.45, 2.75) is 117 Å². The lowest BCUT2D eigenvalue weighted by Gasteiger charge is -2.33. The van der Waals surface area contributed by atoms with E-state index in [0.29, 0.717) is 0 Å². The van der Waals surface area contributed by atoms with Gasteiger partial charge in [0, 0.05) is 13.3 Å². The number of alkyl carbamates (subject to hydrolysis) is 1. The molecule has 0 aliphatic heterocycles. The Bertz CT molecular complexity index is 713. The third-order valence-corrected chi connectivity index (χ3v) is 4.11. The summed E-state index contributed by atoms with van der Waals surface area (Å²) in [5.74, 6) is -3.24. The molecule has 2 atom stereocenters. The molecule has 0 spiro atoms. The van der Waals surface area contributed by atoms with Crippen LogP contribution in [0.15, 0.2) is 0 Å². The minimum absolute atomic E-state index is 0.0470. The van der Waals surface area contributed by atoms with Crippen molar-refractivity contribution < 1.29 is 46.9 Å². The number of carbonyl (C=O) groups is 4. The van der Waals surface area contributed by atoms with Crippen molar-refractivity contribution in [1.29, 1.82) is 0 Å². The summed E-state index contributed by atoms with van der Waals surface area (Å²) in [4.78, 5) is 48.7. The van der Waals surface area contributed by atoms with Crippen LogP contribution in [0.25, 0.3) is 0 Å². The molecular weight excluding hydrogens is 456 g/mol. The summed E-state index contributed by atoms with van der Waals surface area (Å²) in [6, 6.07) is 0. The maximum atomic E-state index is 14.3. The first kappa shape index (κ1) is 31.5. The summed E-state index contributed by atoms with van der Waals surface area (Å²) < 4.78 is 48.6. The predicted molar refractivity (Wildman–Crippen MR) is 119 cm³/mol. The highest BCUT2D eigenvalue weighted by Crippen LogP contribution is 2.27. The molecule has 0 aromatic carbocycles. The van der Waals surface area contributed by atoms with Gasteiger partial charge in [-0.1, -0.05) is 13.8 Å². The van der Waals surface area contributed by atoms with Crippen LogP contribution in [0.4, 0.5) is 13.6 Å². The van der Waals surface area contributed by atoms with Crippen LogP contribution in [0.5, 0.6) is 0 Å². The van der Waals surface area contributed by atoms with Gasteiger partial charge in [-0.3, -0.25) is 9.59 Å². The Morgan fingerprint density at radius 3 is 1.79 bits per heavy atom. The van der Waals surface area contributed by atoms with E-state index in [-0.39, 0.29) is 19.3 Å². The smallest absolute Gasteiger partial charge is 0.408 e. The van der Waals surface area contributed by atoms with Gasteiger partial charge < -0.3 is 24.3 Å². The van der Waals surface area contributed by atoms with Gasteiger partial charge >= 0.3 is 24.0 Å². The molecule has 0 fully saturated rings. The molecule has 1 N–H and O–H groups in total. The van der Waals surface area contributed by atoms with Gasteiger partial charge in [0.05, 0.1) is 5.92 Å². The van der Waals surface area contributed by atoms with Gasteiger partial charge in [-0.15, -0.1) is 0 Å². The lowest BCUT2D eigenvalue weighted by molar-refractivity contribution is -0.195. The molecule has 0 rings (SSSR count). The fraction of sp³-hybridized carbons (Fsp3) is 0.826. The first-order valence-electron chi connectivity index (χ1n) is 11.2. The summed E-state index contributed by atoms with van der Waals surface area (Å²) in [7, 11) is 0. The molecule has 0 aliphatic rings. The zero-order chi connectivity index (χ0) is 26.9. The summed E-state index contributed by atoms with van der Waals surface area (Å²) in [5.41, 5.74) is -4.50. The van der Waals surface area contributed by atoms with Gasteiger partial charge in [0.1, 0.15) is 11.2 Å². The third-order valence-electron chi connectivity index (χ3n) is 4.11. The zero-order valence-corrected chi connectivity index (χ0v) is 21.6. The molecule has 0 bridgehead atoms. The molecule has 198 valence electrons. The average molecular weight is 496 g/mol. The number of hydrogen-bond donors (Lipinski definition) is 1. The standard InChI is InChI=1S/C23H39F2NO8/c1-14(2)17(28)31-15(3)32-19(29)23(18(24)25,26-20(30)34-22(7,8)9)13-11-10-12-16(27)33-21(4,5)6/h14-15,18H,10-13H2,1-9H3,(H,26,30). The summed E-state index contributed by atoms with van der Waals surface area (Å²) in [6.07, 6.45) is -6.66. The highest BCUT2D eigenvalue weighted by atomic mass is 19.3. The number of hydrogen-bond acceptors (Lipinski definition) is 8. The van der Waals surface area contributed by atoms with Gasteiger partial charge in [-0.25, -0.2) is 18.4 Å². The number of amides is 1. The number of halogens is 2. The SMILES string of the molecule is CC(OC(=O)C(C)C)OC(=O)C(CCCCC(=O)OC(C)(C)C)(NC(=O)OC(C)(C)C)C(F)F. The van der Waals surface area contributed by atoms with E-state index < -0.39 is 65.8 Å². The van der Waals surface area contributed by atoms with Crippen molar-refractivity contribution in [3.05, 3.63) is 0 Å². The number of esters is 3. The van der Waals surface area contributed by atoms with Crippen molar-refractivity contribution in [1.82, 2.24) is 5.32 Å². The van der Waals surface area contributed by atoms with Crippen LogP contribution in [-0.4, -0.2) is 53.5 Å². The minimum atomic E-state index is -3.39. The van der Waals surface area contributed by atoms with Crippen LogP contribution < -0.4 is 5.32 Å². The van der Waals surface area contributed by atoms with E-state index in [1.165, 1.54) is 27.7 Å². The molecule has 1 amide bonds. The van der Waals surface area contributed by atoms with E-state index in [0.717, 1.165) is 0 Å². The van der Waals surface area contributed by atoms with Crippen LogP contribution in [-0.2, 0) is 33.3 Å². The van der Waals surface area contributed by atoms with Crippen molar-refractivity contribution in [3.63, 3.8) is 0 Å². The quantitative estimate of drug-likeness (QED) is 0.193. The van der Waals surface area contributed by atoms with Crippen LogP contribution in [0.3, 0.4) is 0 Å². The zero-order valence-electron chi connectivity index (χ0n) is 21.6. The Labute approximate surface area is 200 Å². The lowest BCUT2D eigenvalue weighted by atomic mass is 9.92. The second-order valence-electron chi connectivity index (χ2n) is 10.3. The number of carbonyl (C=O) groups excluding carboxylic acids is 4. The minimum Gasteiger partial charge on any atom is -0.460 e. The Morgan fingerprint density at radius 1 is 0.824 bits per heavy atom. The average Bonchev–Trinajstić information content (AvgIpc) is 2.60. The van der Waals surface area contributed by atoms with Gasteiger partial charge in [0.25, 0.3) is 6.43 Å². The Balaban J connectivity index is 5.56. The fourth-order valence-corrected chi connectivity index (χ4v) is 2.60.